The van der Waals surface area contributed by atoms with E-state index in [0.29, 0.717) is 0 Å². The third-order valence-corrected chi connectivity index (χ3v) is 1.51. The van der Waals surface area contributed by atoms with E-state index in [1.165, 1.54) is 5.46 Å². The summed E-state index contributed by atoms with van der Waals surface area (Å²) in [6.45, 7) is 0. The smallest absolute Gasteiger partial charge is 0.139 e. The Labute approximate surface area is 79.9 Å². The Morgan fingerprint density at radius 2 is 1.31 bits per heavy atom. The van der Waals surface area contributed by atoms with Crippen molar-refractivity contribution in [3.05, 3.63) is 60.9 Å². The number of hydrogen-bond acceptors (Lipinski definition) is 1. The van der Waals surface area contributed by atoms with Crippen molar-refractivity contribution in [1.82, 2.24) is 4.98 Å². The molecule has 1 heterocycles. The monoisotopic (exact) mass is 169 g/mol. The first-order chi connectivity index (χ1) is 6.39. The molecule has 0 saturated carbocycles. The molecule has 13 heavy (non-hydrogen) atoms. The molecule has 2 rings (SSSR count). The van der Waals surface area contributed by atoms with Crippen LogP contribution in [0.1, 0.15) is 0 Å². The summed E-state index contributed by atoms with van der Waals surface area (Å²) >= 11 is 0. The SMILES string of the molecule is Bc1ccccc1.c1ccncc1. The predicted octanol–water partition coefficient (Wildman–Crippen LogP) is 1.03. The molecule has 0 atom stereocenters. The first kappa shape index (κ1) is 9.52. The minimum absolute atomic E-state index is 1.32. The Morgan fingerprint density at radius 3 is 1.54 bits per heavy atom. The summed E-state index contributed by atoms with van der Waals surface area (Å²) in [6.07, 6.45) is 3.50. The zero-order valence-corrected chi connectivity index (χ0v) is 7.72. The summed E-state index contributed by atoms with van der Waals surface area (Å²) in [6, 6.07) is 16.0. The topological polar surface area (TPSA) is 12.9 Å². The lowest BCUT2D eigenvalue weighted by Crippen LogP contribution is -1.97. The second-order valence-corrected chi connectivity index (χ2v) is 2.68. The van der Waals surface area contributed by atoms with Crippen molar-refractivity contribution in [2.75, 3.05) is 0 Å². The van der Waals surface area contributed by atoms with Gasteiger partial charge in [0.1, 0.15) is 7.85 Å². The van der Waals surface area contributed by atoms with E-state index in [0.717, 1.165) is 0 Å². The molecule has 0 aliphatic heterocycles. The molecule has 2 heteroatoms. The van der Waals surface area contributed by atoms with Crippen LogP contribution in [-0.2, 0) is 0 Å². The highest BCUT2D eigenvalue weighted by atomic mass is 14.6. The van der Waals surface area contributed by atoms with E-state index < -0.39 is 0 Å². The average Bonchev–Trinajstić information content (AvgIpc) is 2.22. The second-order valence-electron chi connectivity index (χ2n) is 2.68. The Balaban J connectivity index is 0.000000132. The van der Waals surface area contributed by atoms with Gasteiger partial charge in [0.05, 0.1) is 0 Å². The van der Waals surface area contributed by atoms with Crippen molar-refractivity contribution >= 4 is 13.3 Å². The normalized spacial score (nSPS) is 8.31. The molecule has 0 aliphatic rings. The zero-order chi connectivity index (χ0) is 9.36. The molecule has 0 fully saturated rings. The van der Waals surface area contributed by atoms with E-state index in [4.69, 9.17) is 0 Å². The molecule has 1 nitrogen and oxygen atoms in total. The van der Waals surface area contributed by atoms with Gasteiger partial charge < -0.3 is 0 Å². The molecule has 1 aromatic carbocycles. The standard InChI is InChI=1S/C6H7B.C5H5N/c7-6-4-2-1-3-5-6;1-2-4-6-5-3-1/h1-5H,7H2;1-5H. The van der Waals surface area contributed by atoms with Crippen molar-refractivity contribution in [2.24, 2.45) is 0 Å². The van der Waals surface area contributed by atoms with Gasteiger partial charge >= 0.3 is 0 Å². The van der Waals surface area contributed by atoms with Crippen molar-refractivity contribution in [2.45, 2.75) is 0 Å². The number of rotatable bonds is 0. The van der Waals surface area contributed by atoms with Gasteiger partial charge in [-0.15, -0.1) is 0 Å². The fourth-order valence-electron chi connectivity index (χ4n) is 0.847. The first-order valence-electron chi connectivity index (χ1n) is 4.26. The van der Waals surface area contributed by atoms with E-state index in [2.05, 4.69) is 25.0 Å². The molecule has 0 spiro atoms. The van der Waals surface area contributed by atoms with E-state index in [1.54, 1.807) is 12.4 Å². The van der Waals surface area contributed by atoms with Gasteiger partial charge in [0.15, 0.2) is 0 Å². The zero-order valence-electron chi connectivity index (χ0n) is 7.72. The lowest BCUT2D eigenvalue weighted by Gasteiger charge is -1.82. The molecular weight excluding hydrogens is 157 g/mol. The van der Waals surface area contributed by atoms with Crippen LogP contribution in [0.2, 0.25) is 0 Å². The van der Waals surface area contributed by atoms with Crippen molar-refractivity contribution in [3.8, 4) is 0 Å². The molecule has 0 amide bonds. The number of hydrogen-bond donors (Lipinski definition) is 0. The lowest BCUT2D eigenvalue weighted by molar-refractivity contribution is 1.33. The van der Waals surface area contributed by atoms with Crippen LogP contribution in [-0.4, -0.2) is 12.8 Å². The van der Waals surface area contributed by atoms with Crippen LogP contribution in [0.15, 0.2) is 60.9 Å². The van der Waals surface area contributed by atoms with E-state index in [-0.39, 0.29) is 0 Å². The maximum absolute atomic E-state index is 3.78. The molecule has 0 saturated heterocycles. The van der Waals surface area contributed by atoms with Crippen LogP contribution < -0.4 is 5.46 Å². The fourth-order valence-corrected chi connectivity index (χ4v) is 0.847. The van der Waals surface area contributed by atoms with Crippen LogP contribution >= 0.6 is 0 Å². The van der Waals surface area contributed by atoms with Crippen LogP contribution in [0, 0.1) is 0 Å². The number of benzene rings is 1. The predicted molar refractivity (Wildman–Crippen MR) is 58.9 cm³/mol. The van der Waals surface area contributed by atoms with Crippen LogP contribution in [0.25, 0.3) is 0 Å². The Hall–Kier alpha value is -1.57. The van der Waals surface area contributed by atoms with Crippen molar-refractivity contribution in [3.63, 3.8) is 0 Å². The molecule has 0 aliphatic carbocycles. The highest BCUT2D eigenvalue weighted by Crippen LogP contribution is 1.76. The Morgan fingerprint density at radius 1 is 0.769 bits per heavy atom. The molecule has 0 radical (unpaired) electrons. The molecule has 0 unspecified atom stereocenters. The van der Waals surface area contributed by atoms with Crippen LogP contribution in [0.4, 0.5) is 0 Å². The Kier molecular flexibility index (Phi) is 4.40. The molecule has 0 N–H and O–H groups in total. The van der Waals surface area contributed by atoms with E-state index in [1.807, 2.05) is 36.4 Å². The molecule has 1 aromatic heterocycles. The second kappa shape index (κ2) is 6.01. The lowest BCUT2D eigenvalue weighted by atomic mass is 9.97. The van der Waals surface area contributed by atoms with Gasteiger partial charge in [-0.25, -0.2) is 0 Å². The van der Waals surface area contributed by atoms with Gasteiger partial charge in [0.25, 0.3) is 0 Å². The minimum Gasteiger partial charge on any atom is -0.265 e. The molecule has 2 aromatic rings. The fraction of sp³-hybridized carbons (Fsp3) is 0. The molecule has 0 bridgehead atoms. The summed E-state index contributed by atoms with van der Waals surface area (Å²) < 4.78 is 0. The number of nitrogens with zero attached hydrogens (tertiary/aromatic N) is 1. The van der Waals surface area contributed by atoms with Gasteiger partial charge in [-0.1, -0.05) is 41.9 Å². The largest absolute Gasteiger partial charge is 0.265 e. The van der Waals surface area contributed by atoms with Crippen LogP contribution in [0.5, 0.6) is 0 Å². The number of pyridine rings is 1. The summed E-state index contributed by atoms with van der Waals surface area (Å²) in [5.41, 5.74) is 1.32. The maximum Gasteiger partial charge on any atom is 0.139 e. The van der Waals surface area contributed by atoms with Crippen molar-refractivity contribution < 1.29 is 0 Å². The first-order valence-corrected chi connectivity index (χ1v) is 4.26. The third-order valence-electron chi connectivity index (χ3n) is 1.51. The van der Waals surface area contributed by atoms with Crippen LogP contribution in [0.3, 0.4) is 0 Å². The van der Waals surface area contributed by atoms with E-state index >= 15 is 0 Å². The quantitative estimate of drug-likeness (QED) is 0.536. The maximum atomic E-state index is 3.78. The van der Waals surface area contributed by atoms with Gasteiger partial charge in [-0.05, 0) is 12.1 Å². The van der Waals surface area contributed by atoms with E-state index in [9.17, 15) is 0 Å². The molecule has 64 valence electrons. The summed E-state index contributed by atoms with van der Waals surface area (Å²) in [7, 11) is 2.08. The van der Waals surface area contributed by atoms with Gasteiger partial charge in [0.2, 0.25) is 0 Å². The van der Waals surface area contributed by atoms with Crippen molar-refractivity contribution in [1.29, 1.82) is 0 Å². The summed E-state index contributed by atoms with van der Waals surface area (Å²) in [4.78, 5) is 3.78. The summed E-state index contributed by atoms with van der Waals surface area (Å²) in [5, 5.41) is 0. The minimum atomic E-state index is 1.32. The third kappa shape index (κ3) is 4.80. The van der Waals surface area contributed by atoms with Gasteiger partial charge in [-0.2, -0.15) is 0 Å². The molecular formula is C11H12BN. The summed E-state index contributed by atoms with van der Waals surface area (Å²) in [5.74, 6) is 0. The highest BCUT2D eigenvalue weighted by Gasteiger charge is 1.72. The van der Waals surface area contributed by atoms with Gasteiger partial charge in [-0.3, -0.25) is 4.98 Å². The van der Waals surface area contributed by atoms with Gasteiger partial charge in [0, 0.05) is 12.4 Å². The highest BCUT2D eigenvalue weighted by molar-refractivity contribution is 6.32. The Bertz CT molecular complexity index is 281. The number of aromatic nitrogens is 1. The average molecular weight is 169 g/mol.